The normalized spacial score (nSPS) is 16.4. The van der Waals surface area contributed by atoms with Gasteiger partial charge in [-0.25, -0.2) is 0 Å². The Labute approximate surface area is 121 Å². The third-order valence-electron chi connectivity index (χ3n) is 4.23. The van der Waals surface area contributed by atoms with Gasteiger partial charge in [-0.3, -0.25) is 4.79 Å². The molecule has 0 aromatic rings. The molecule has 19 heavy (non-hydrogen) atoms. The van der Waals surface area contributed by atoms with Crippen LogP contribution in [-0.2, 0) is 4.79 Å². The van der Waals surface area contributed by atoms with Crippen LogP contribution in [0.4, 0.5) is 0 Å². The SMILES string of the molecule is CCCC(=O)C(C)(CCC)CC(C)CCCC(C)C. The molecule has 0 spiro atoms. The average molecular weight is 268 g/mol. The molecular weight excluding hydrogens is 232 g/mol. The van der Waals surface area contributed by atoms with Gasteiger partial charge in [0.15, 0.2) is 0 Å². The van der Waals surface area contributed by atoms with Gasteiger partial charge in [-0.2, -0.15) is 0 Å². The van der Waals surface area contributed by atoms with Gasteiger partial charge in [-0.15, -0.1) is 0 Å². The second-order valence-corrected chi connectivity index (χ2v) is 7.12. The van der Waals surface area contributed by atoms with E-state index in [-0.39, 0.29) is 5.41 Å². The van der Waals surface area contributed by atoms with Gasteiger partial charge in [0.2, 0.25) is 0 Å². The summed E-state index contributed by atoms with van der Waals surface area (Å²) in [5.74, 6) is 1.97. The molecule has 1 heteroatoms. The van der Waals surface area contributed by atoms with Crippen LogP contribution < -0.4 is 0 Å². The summed E-state index contributed by atoms with van der Waals surface area (Å²) in [6.45, 7) is 13.4. The molecule has 0 aliphatic rings. The van der Waals surface area contributed by atoms with E-state index in [4.69, 9.17) is 0 Å². The molecule has 1 nitrogen and oxygen atoms in total. The van der Waals surface area contributed by atoms with Gasteiger partial charge in [-0.05, 0) is 31.1 Å². The third-order valence-corrected chi connectivity index (χ3v) is 4.23. The van der Waals surface area contributed by atoms with Crippen molar-refractivity contribution in [2.45, 2.75) is 92.9 Å². The van der Waals surface area contributed by atoms with Gasteiger partial charge in [0.1, 0.15) is 5.78 Å². The maximum absolute atomic E-state index is 12.4. The van der Waals surface area contributed by atoms with Crippen molar-refractivity contribution in [3.05, 3.63) is 0 Å². The van der Waals surface area contributed by atoms with Crippen LogP contribution in [0.5, 0.6) is 0 Å². The Morgan fingerprint density at radius 3 is 2.16 bits per heavy atom. The standard InChI is InChI=1S/C18H36O/c1-7-10-17(19)18(6,13-8-2)14-16(5)12-9-11-15(3)4/h15-16H,7-14H2,1-6H3. The van der Waals surface area contributed by atoms with E-state index in [1.807, 2.05) is 0 Å². The number of carbonyl (C=O) groups is 1. The summed E-state index contributed by atoms with van der Waals surface area (Å²) in [4.78, 5) is 12.4. The van der Waals surface area contributed by atoms with E-state index in [9.17, 15) is 4.79 Å². The summed E-state index contributed by atoms with van der Waals surface area (Å²) in [6, 6.07) is 0. The first-order chi connectivity index (χ1) is 8.85. The molecule has 0 N–H and O–H groups in total. The van der Waals surface area contributed by atoms with E-state index in [1.54, 1.807) is 0 Å². The number of carbonyl (C=O) groups excluding carboxylic acids is 1. The van der Waals surface area contributed by atoms with Crippen LogP contribution in [0.3, 0.4) is 0 Å². The molecule has 0 saturated heterocycles. The first-order valence-electron chi connectivity index (χ1n) is 8.39. The molecule has 0 aromatic carbocycles. The lowest BCUT2D eigenvalue weighted by Crippen LogP contribution is -2.29. The summed E-state index contributed by atoms with van der Waals surface area (Å²) in [7, 11) is 0. The predicted octanol–water partition coefficient (Wildman–Crippen LogP) is 6.01. The molecule has 0 aromatic heterocycles. The quantitative estimate of drug-likeness (QED) is 0.448. The van der Waals surface area contributed by atoms with Crippen LogP contribution in [0.1, 0.15) is 92.9 Å². The minimum Gasteiger partial charge on any atom is -0.299 e. The Morgan fingerprint density at radius 2 is 1.68 bits per heavy atom. The highest BCUT2D eigenvalue weighted by Gasteiger charge is 2.32. The van der Waals surface area contributed by atoms with Crippen LogP contribution in [0.2, 0.25) is 0 Å². The zero-order valence-electron chi connectivity index (χ0n) is 14.2. The Balaban J connectivity index is 4.35. The monoisotopic (exact) mass is 268 g/mol. The second-order valence-electron chi connectivity index (χ2n) is 7.12. The molecule has 114 valence electrons. The summed E-state index contributed by atoms with van der Waals surface area (Å²) >= 11 is 0. The van der Waals surface area contributed by atoms with Crippen LogP contribution in [0.25, 0.3) is 0 Å². The lowest BCUT2D eigenvalue weighted by Gasteiger charge is -2.31. The van der Waals surface area contributed by atoms with Crippen molar-refractivity contribution in [1.82, 2.24) is 0 Å². The van der Waals surface area contributed by atoms with E-state index in [2.05, 4.69) is 41.5 Å². The molecule has 0 saturated carbocycles. The zero-order valence-corrected chi connectivity index (χ0v) is 14.2. The van der Waals surface area contributed by atoms with E-state index in [1.165, 1.54) is 19.3 Å². The molecule has 0 radical (unpaired) electrons. The van der Waals surface area contributed by atoms with Crippen LogP contribution in [-0.4, -0.2) is 5.78 Å². The van der Waals surface area contributed by atoms with Crippen molar-refractivity contribution < 1.29 is 4.79 Å². The smallest absolute Gasteiger partial charge is 0.138 e. The molecule has 2 atom stereocenters. The van der Waals surface area contributed by atoms with E-state index < -0.39 is 0 Å². The Bertz CT molecular complexity index is 244. The molecule has 0 heterocycles. The zero-order chi connectivity index (χ0) is 14.9. The van der Waals surface area contributed by atoms with Gasteiger partial charge in [0.05, 0.1) is 0 Å². The molecule has 0 amide bonds. The number of hydrogen-bond donors (Lipinski definition) is 0. The fourth-order valence-electron chi connectivity index (χ4n) is 3.18. The molecule has 0 aliphatic heterocycles. The summed E-state index contributed by atoms with van der Waals surface area (Å²) in [5, 5.41) is 0. The summed E-state index contributed by atoms with van der Waals surface area (Å²) in [6.07, 6.45) is 8.90. The molecule has 0 aliphatic carbocycles. The third kappa shape index (κ3) is 7.74. The van der Waals surface area contributed by atoms with Gasteiger partial charge in [-0.1, -0.05) is 67.2 Å². The van der Waals surface area contributed by atoms with Gasteiger partial charge in [0, 0.05) is 11.8 Å². The topological polar surface area (TPSA) is 17.1 Å². The number of Topliss-reactive ketones (excluding diaryl/α,β-unsaturated/α-hetero) is 1. The second kappa shape index (κ2) is 9.55. The van der Waals surface area contributed by atoms with Gasteiger partial charge in [0.25, 0.3) is 0 Å². The number of hydrogen-bond acceptors (Lipinski definition) is 1. The van der Waals surface area contributed by atoms with Gasteiger partial charge >= 0.3 is 0 Å². The van der Waals surface area contributed by atoms with Crippen molar-refractivity contribution in [3.63, 3.8) is 0 Å². The van der Waals surface area contributed by atoms with Crippen molar-refractivity contribution in [2.24, 2.45) is 17.3 Å². The highest BCUT2D eigenvalue weighted by Crippen LogP contribution is 2.35. The van der Waals surface area contributed by atoms with Crippen molar-refractivity contribution in [2.75, 3.05) is 0 Å². The Kier molecular flexibility index (Phi) is 9.39. The van der Waals surface area contributed by atoms with Gasteiger partial charge < -0.3 is 0 Å². The number of rotatable bonds is 11. The van der Waals surface area contributed by atoms with E-state index >= 15 is 0 Å². The molecule has 0 fully saturated rings. The highest BCUT2D eigenvalue weighted by molar-refractivity contribution is 5.84. The van der Waals surface area contributed by atoms with E-state index in [0.717, 1.165) is 38.0 Å². The van der Waals surface area contributed by atoms with Crippen molar-refractivity contribution >= 4 is 5.78 Å². The highest BCUT2D eigenvalue weighted by atomic mass is 16.1. The van der Waals surface area contributed by atoms with Crippen LogP contribution in [0, 0.1) is 17.3 Å². The summed E-state index contributed by atoms with van der Waals surface area (Å²) < 4.78 is 0. The Hall–Kier alpha value is -0.330. The fourth-order valence-corrected chi connectivity index (χ4v) is 3.18. The van der Waals surface area contributed by atoms with Crippen LogP contribution >= 0.6 is 0 Å². The average Bonchev–Trinajstić information content (AvgIpc) is 2.28. The van der Waals surface area contributed by atoms with E-state index in [0.29, 0.717) is 11.7 Å². The predicted molar refractivity (Wildman–Crippen MR) is 85.4 cm³/mol. The minimum absolute atomic E-state index is 0.0675. The summed E-state index contributed by atoms with van der Waals surface area (Å²) in [5.41, 5.74) is -0.0675. The lowest BCUT2D eigenvalue weighted by atomic mass is 9.72. The maximum atomic E-state index is 12.4. The van der Waals surface area contributed by atoms with Crippen molar-refractivity contribution in [1.29, 1.82) is 0 Å². The Morgan fingerprint density at radius 1 is 1.05 bits per heavy atom. The number of ketones is 1. The molecular formula is C18H36O. The first-order valence-corrected chi connectivity index (χ1v) is 8.39. The van der Waals surface area contributed by atoms with Crippen molar-refractivity contribution in [3.8, 4) is 0 Å². The molecule has 2 unspecified atom stereocenters. The molecule has 0 bridgehead atoms. The maximum Gasteiger partial charge on any atom is 0.138 e. The largest absolute Gasteiger partial charge is 0.299 e. The fraction of sp³-hybridized carbons (Fsp3) is 0.944. The van der Waals surface area contributed by atoms with Crippen LogP contribution in [0.15, 0.2) is 0 Å². The molecule has 0 rings (SSSR count). The first kappa shape index (κ1) is 18.7. The lowest BCUT2D eigenvalue weighted by molar-refractivity contribution is -0.129. The minimum atomic E-state index is -0.0675.